The van der Waals surface area contributed by atoms with Crippen LogP contribution in [-0.4, -0.2) is 19.3 Å². The summed E-state index contributed by atoms with van der Waals surface area (Å²) in [5.41, 5.74) is 0.850. The third-order valence-corrected chi connectivity index (χ3v) is 5.12. The number of halogens is 1. The first-order valence-corrected chi connectivity index (χ1v) is 7.88. The smallest absolute Gasteiger partial charge is 0.162 e. The van der Waals surface area contributed by atoms with Gasteiger partial charge in [-0.05, 0) is 30.2 Å². The molecule has 2 unspecified atom stereocenters. The van der Waals surface area contributed by atoms with Gasteiger partial charge in [-0.15, -0.1) is 0 Å². The minimum Gasteiger partial charge on any atom is -0.493 e. The lowest BCUT2D eigenvalue weighted by Gasteiger charge is -2.41. The normalized spacial score (nSPS) is 22.7. The van der Waals surface area contributed by atoms with Gasteiger partial charge in [0.1, 0.15) is 0 Å². The number of hydrogen-bond acceptors (Lipinski definition) is 3. The van der Waals surface area contributed by atoms with Gasteiger partial charge in [-0.3, -0.25) is 0 Å². The molecule has 118 valence electrons. The van der Waals surface area contributed by atoms with Crippen molar-refractivity contribution in [3.8, 4) is 11.5 Å². The van der Waals surface area contributed by atoms with E-state index in [0.29, 0.717) is 16.5 Å². The molecule has 2 rings (SSSR count). The highest BCUT2D eigenvalue weighted by Crippen LogP contribution is 2.49. The van der Waals surface area contributed by atoms with E-state index in [9.17, 15) is 5.11 Å². The third-order valence-electron chi connectivity index (χ3n) is 4.79. The lowest BCUT2D eigenvalue weighted by atomic mass is 9.65. The van der Waals surface area contributed by atoms with Gasteiger partial charge in [0.15, 0.2) is 11.5 Å². The molecular weight excluding hydrogens is 288 g/mol. The van der Waals surface area contributed by atoms with E-state index in [1.165, 1.54) is 6.42 Å². The predicted molar refractivity (Wildman–Crippen MR) is 85.3 cm³/mol. The maximum atomic E-state index is 10.9. The maximum absolute atomic E-state index is 10.9. The number of hydrogen-bond donors (Lipinski definition) is 1. The van der Waals surface area contributed by atoms with Crippen molar-refractivity contribution in [2.24, 2.45) is 11.3 Å². The Morgan fingerprint density at radius 3 is 2.38 bits per heavy atom. The number of methoxy groups -OCH3 is 2. The van der Waals surface area contributed by atoms with E-state index in [2.05, 4.69) is 13.8 Å². The summed E-state index contributed by atoms with van der Waals surface area (Å²) >= 11 is 6.35. The second-order valence-electron chi connectivity index (χ2n) is 6.51. The molecule has 0 aliphatic heterocycles. The van der Waals surface area contributed by atoms with Crippen LogP contribution in [0.15, 0.2) is 12.1 Å². The summed E-state index contributed by atoms with van der Waals surface area (Å²) < 4.78 is 10.6. The largest absolute Gasteiger partial charge is 0.493 e. The Bertz CT molecular complexity index is 499. The molecule has 1 aromatic carbocycles. The van der Waals surface area contributed by atoms with Gasteiger partial charge in [-0.2, -0.15) is 0 Å². The van der Waals surface area contributed by atoms with Crippen molar-refractivity contribution < 1.29 is 14.6 Å². The van der Waals surface area contributed by atoms with Crippen molar-refractivity contribution in [1.82, 2.24) is 0 Å². The number of aliphatic hydroxyl groups excluding tert-OH is 1. The standard InChI is InChI=1S/C17H25ClO3/c1-17(2)8-6-5-7-12(17)16(19)11-9-14(20-3)15(21-4)10-13(11)18/h9-10,12,16,19H,5-8H2,1-4H3. The molecule has 0 spiro atoms. The highest BCUT2D eigenvalue weighted by molar-refractivity contribution is 6.31. The molecule has 4 heteroatoms. The van der Waals surface area contributed by atoms with Crippen LogP contribution in [0, 0.1) is 11.3 Å². The molecule has 21 heavy (non-hydrogen) atoms. The summed E-state index contributed by atoms with van der Waals surface area (Å²) in [6.07, 6.45) is 3.98. The maximum Gasteiger partial charge on any atom is 0.162 e. The monoisotopic (exact) mass is 312 g/mol. The molecule has 0 amide bonds. The van der Waals surface area contributed by atoms with E-state index >= 15 is 0 Å². The van der Waals surface area contributed by atoms with Gasteiger partial charge in [0, 0.05) is 11.6 Å². The predicted octanol–water partition coefficient (Wildman–Crippen LogP) is 4.61. The summed E-state index contributed by atoms with van der Waals surface area (Å²) in [6.45, 7) is 4.46. The Morgan fingerprint density at radius 2 is 1.81 bits per heavy atom. The Kier molecular flexibility index (Phi) is 5.05. The average molecular weight is 313 g/mol. The van der Waals surface area contributed by atoms with Crippen LogP contribution in [0.3, 0.4) is 0 Å². The molecule has 1 saturated carbocycles. The van der Waals surface area contributed by atoms with Crippen LogP contribution < -0.4 is 9.47 Å². The van der Waals surface area contributed by atoms with Gasteiger partial charge in [0.25, 0.3) is 0 Å². The Labute approximate surface area is 132 Å². The first-order valence-electron chi connectivity index (χ1n) is 7.50. The summed E-state index contributed by atoms with van der Waals surface area (Å²) in [5.74, 6) is 1.40. The molecule has 0 saturated heterocycles. The van der Waals surface area contributed by atoms with Gasteiger partial charge in [0.05, 0.1) is 25.3 Å². The lowest BCUT2D eigenvalue weighted by molar-refractivity contribution is 0.00379. The van der Waals surface area contributed by atoms with Gasteiger partial charge < -0.3 is 14.6 Å². The number of rotatable bonds is 4. The van der Waals surface area contributed by atoms with Crippen molar-refractivity contribution in [2.45, 2.75) is 45.6 Å². The first kappa shape index (κ1) is 16.4. The minimum atomic E-state index is -0.576. The Balaban J connectivity index is 2.36. The minimum absolute atomic E-state index is 0.119. The molecule has 1 aromatic rings. The molecule has 0 heterocycles. The van der Waals surface area contributed by atoms with Crippen molar-refractivity contribution in [2.75, 3.05) is 14.2 Å². The second kappa shape index (κ2) is 6.45. The van der Waals surface area contributed by atoms with Crippen LogP contribution in [0.1, 0.15) is 51.2 Å². The van der Waals surface area contributed by atoms with Crippen LogP contribution in [0.5, 0.6) is 11.5 Å². The Hall–Kier alpha value is -0.930. The van der Waals surface area contributed by atoms with E-state index in [1.54, 1.807) is 26.4 Å². The molecule has 1 N–H and O–H groups in total. The topological polar surface area (TPSA) is 38.7 Å². The first-order chi connectivity index (χ1) is 9.90. The third kappa shape index (κ3) is 3.29. The SMILES string of the molecule is COc1cc(Cl)c(C(O)C2CCCCC2(C)C)cc1OC. The van der Waals surface area contributed by atoms with E-state index < -0.39 is 6.10 Å². The Morgan fingerprint density at radius 1 is 1.19 bits per heavy atom. The van der Waals surface area contributed by atoms with E-state index in [4.69, 9.17) is 21.1 Å². The van der Waals surface area contributed by atoms with Gasteiger partial charge >= 0.3 is 0 Å². The van der Waals surface area contributed by atoms with Crippen LogP contribution in [0.2, 0.25) is 5.02 Å². The molecular formula is C17H25ClO3. The fourth-order valence-corrected chi connectivity index (χ4v) is 3.68. The highest BCUT2D eigenvalue weighted by Gasteiger charge is 2.38. The number of aliphatic hydroxyl groups is 1. The van der Waals surface area contributed by atoms with Crippen molar-refractivity contribution in [3.05, 3.63) is 22.7 Å². The lowest BCUT2D eigenvalue weighted by Crippen LogP contribution is -2.32. The molecule has 2 atom stereocenters. The van der Waals surface area contributed by atoms with Crippen molar-refractivity contribution in [3.63, 3.8) is 0 Å². The van der Waals surface area contributed by atoms with Gasteiger partial charge in [-0.1, -0.05) is 38.3 Å². The van der Waals surface area contributed by atoms with Gasteiger partial charge in [0.2, 0.25) is 0 Å². The quantitative estimate of drug-likeness (QED) is 0.882. The molecule has 0 aromatic heterocycles. The summed E-state index contributed by atoms with van der Waals surface area (Å²) in [5, 5.41) is 11.4. The fraction of sp³-hybridized carbons (Fsp3) is 0.647. The highest BCUT2D eigenvalue weighted by atomic mass is 35.5. The van der Waals surface area contributed by atoms with Crippen molar-refractivity contribution in [1.29, 1.82) is 0 Å². The fourth-order valence-electron chi connectivity index (χ4n) is 3.42. The van der Waals surface area contributed by atoms with Crippen LogP contribution >= 0.6 is 11.6 Å². The zero-order chi connectivity index (χ0) is 15.6. The summed E-state index contributed by atoms with van der Waals surface area (Å²) in [4.78, 5) is 0. The zero-order valence-electron chi connectivity index (χ0n) is 13.3. The molecule has 0 bridgehead atoms. The molecule has 1 aliphatic carbocycles. The van der Waals surface area contributed by atoms with Crippen LogP contribution in [-0.2, 0) is 0 Å². The number of ether oxygens (including phenoxy) is 2. The zero-order valence-corrected chi connectivity index (χ0v) is 14.0. The van der Waals surface area contributed by atoms with Crippen molar-refractivity contribution >= 4 is 11.6 Å². The molecule has 0 radical (unpaired) electrons. The van der Waals surface area contributed by atoms with Gasteiger partial charge in [-0.25, -0.2) is 0 Å². The van der Waals surface area contributed by atoms with E-state index in [0.717, 1.165) is 24.8 Å². The second-order valence-corrected chi connectivity index (χ2v) is 6.92. The van der Waals surface area contributed by atoms with E-state index in [-0.39, 0.29) is 11.3 Å². The van der Waals surface area contributed by atoms with E-state index in [1.807, 2.05) is 0 Å². The average Bonchev–Trinajstić information content (AvgIpc) is 2.45. The van der Waals surface area contributed by atoms with Crippen LogP contribution in [0.25, 0.3) is 0 Å². The summed E-state index contributed by atoms with van der Waals surface area (Å²) in [7, 11) is 3.17. The molecule has 1 fully saturated rings. The molecule has 1 aliphatic rings. The molecule has 3 nitrogen and oxygen atoms in total. The number of benzene rings is 1. The summed E-state index contributed by atoms with van der Waals surface area (Å²) in [6, 6.07) is 3.52. The van der Waals surface area contributed by atoms with Crippen LogP contribution in [0.4, 0.5) is 0 Å².